The third-order valence-electron chi connectivity index (χ3n) is 3.72. The van der Waals surface area contributed by atoms with E-state index in [1.165, 1.54) is 0 Å². The van der Waals surface area contributed by atoms with Gasteiger partial charge in [-0.15, -0.1) is 0 Å². The number of nitrogens with one attached hydrogen (secondary N) is 1. The first-order valence-electron chi connectivity index (χ1n) is 7.82. The molecule has 1 fully saturated rings. The van der Waals surface area contributed by atoms with Gasteiger partial charge in [0.15, 0.2) is 0 Å². The van der Waals surface area contributed by atoms with Gasteiger partial charge in [-0.05, 0) is 30.0 Å². The molecule has 0 spiro atoms. The molecule has 3 rings (SSSR count). The molecule has 1 aliphatic heterocycles. The molecule has 2 aromatic rings. The number of rotatable bonds is 6. The lowest BCUT2D eigenvalue weighted by molar-refractivity contribution is -0.130. The van der Waals surface area contributed by atoms with Crippen LogP contribution in [0.25, 0.3) is 0 Å². The molecule has 1 aliphatic rings. The summed E-state index contributed by atoms with van der Waals surface area (Å²) in [5.41, 5.74) is 2.04. The normalized spacial score (nSPS) is 17.0. The number of ether oxygens (including phenoxy) is 2. The highest BCUT2D eigenvalue weighted by Crippen LogP contribution is 2.14. The van der Waals surface area contributed by atoms with Gasteiger partial charge >= 0.3 is 0 Å². The monoisotopic (exact) mass is 312 g/mol. The van der Waals surface area contributed by atoms with Crippen molar-refractivity contribution in [1.29, 1.82) is 0 Å². The van der Waals surface area contributed by atoms with Crippen molar-refractivity contribution in [3.8, 4) is 5.88 Å². The SMILES string of the molecule is O=C(NCc1ccnc(OCc2ccccc2)c1)C1CCCO1. The summed E-state index contributed by atoms with van der Waals surface area (Å²) in [7, 11) is 0. The third kappa shape index (κ3) is 4.53. The van der Waals surface area contributed by atoms with Gasteiger partial charge in [0.05, 0.1) is 0 Å². The lowest BCUT2D eigenvalue weighted by Crippen LogP contribution is -2.33. The Morgan fingerprint density at radius 2 is 2.13 bits per heavy atom. The first kappa shape index (κ1) is 15.5. The number of hydrogen-bond acceptors (Lipinski definition) is 4. The van der Waals surface area contributed by atoms with E-state index in [-0.39, 0.29) is 12.0 Å². The van der Waals surface area contributed by atoms with Crippen LogP contribution in [-0.4, -0.2) is 23.6 Å². The van der Waals surface area contributed by atoms with Gasteiger partial charge in [0.1, 0.15) is 12.7 Å². The molecule has 0 bridgehead atoms. The average molecular weight is 312 g/mol. The van der Waals surface area contributed by atoms with E-state index < -0.39 is 0 Å². The zero-order valence-corrected chi connectivity index (χ0v) is 12.9. The van der Waals surface area contributed by atoms with E-state index in [0.717, 1.165) is 24.0 Å². The Morgan fingerprint density at radius 1 is 1.26 bits per heavy atom. The van der Waals surface area contributed by atoms with Crippen molar-refractivity contribution in [2.45, 2.75) is 32.1 Å². The maximum absolute atomic E-state index is 11.9. The smallest absolute Gasteiger partial charge is 0.249 e. The van der Waals surface area contributed by atoms with Gasteiger partial charge in [0.2, 0.25) is 11.8 Å². The number of aromatic nitrogens is 1. The van der Waals surface area contributed by atoms with Crippen LogP contribution in [-0.2, 0) is 22.7 Å². The predicted octanol–water partition coefficient (Wildman–Crippen LogP) is 2.46. The Labute approximate surface area is 135 Å². The summed E-state index contributed by atoms with van der Waals surface area (Å²) in [5, 5.41) is 2.89. The fraction of sp³-hybridized carbons (Fsp3) is 0.333. The van der Waals surface area contributed by atoms with Crippen molar-refractivity contribution in [1.82, 2.24) is 10.3 Å². The second-order valence-electron chi connectivity index (χ2n) is 5.50. The van der Waals surface area contributed by atoms with Gasteiger partial charge in [0.25, 0.3) is 0 Å². The number of nitrogens with zero attached hydrogens (tertiary/aromatic N) is 1. The van der Waals surface area contributed by atoms with Crippen LogP contribution in [0.4, 0.5) is 0 Å². The van der Waals surface area contributed by atoms with Crippen molar-refractivity contribution < 1.29 is 14.3 Å². The van der Waals surface area contributed by atoms with E-state index in [0.29, 0.717) is 25.6 Å². The number of carbonyl (C=O) groups excluding carboxylic acids is 1. The summed E-state index contributed by atoms with van der Waals surface area (Å²) in [6.07, 6.45) is 3.14. The molecule has 1 aromatic heterocycles. The highest BCUT2D eigenvalue weighted by Gasteiger charge is 2.22. The van der Waals surface area contributed by atoms with Crippen molar-refractivity contribution in [3.63, 3.8) is 0 Å². The molecule has 1 amide bonds. The molecule has 23 heavy (non-hydrogen) atoms. The maximum Gasteiger partial charge on any atom is 0.249 e. The van der Waals surface area contributed by atoms with Crippen molar-refractivity contribution >= 4 is 5.91 Å². The lowest BCUT2D eigenvalue weighted by Gasteiger charge is -2.11. The van der Waals surface area contributed by atoms with Gasteiger partial charge in [-0.1, -0.05) is 30.3 Å². The van der Waals surface area contributed by atoms with Crippen LogP contribution in [0.3, 0.4) is 0 Å². The molecule has 5 nitrogen and oxygen atoms in total. The second-order valence-corrected chi connectivity index (χ2v) is 5.50. The maximum atomic E-state index is 11.9. The highest BCUT2D eigenvalue weighted by molar-refractivity contribution is 5.80. The first-order chi connectivity index (χ1) is 11.3. The lowest BCUT2D eigenvalue weighted by atomic mass is 10.2. The minimum atomic E-state index is -0.300. The van der Waals surface area contributed by atoms with Crippen LogP contribution in [0.15, 0.2) is 48.7 Å². The Hall–Kier alpha value is -2.40. The van der Waals surface area contributed by atoms with Gasteiger partial charge in [-0.25, -0.2) is 4.98 Å². The van der Waals surface area contributed by atoms with Crippen LogP contribution < -0.4 is 10.1 Å². The summed E-state index contributed by atoms with van der Waals surface area (Å²) >= 11 is 0. The zero-order chi connectivity index (χ0) is 15.9. The largest absolute Gasteiger partial charge is 0.473 e. The molecule has 1 N–H and O–H groups in total. The summed E-state index contributed by atoms with van der Waals surface area (Å²) in [6, 6.07) is 13.6. The van der Waals surface area contributed by atoms with E-state index in [1.807, 2.05) is 42.5 Å². The van der Waals surface area contributed by atoms with Gasteiger partial charge in [-0.2, -0.15) is 0 Å². The molecular formula is C18H20N2O3. The zero-order valence-electron chi connectivity index (χ0n) is 12.9. The fourth-order valence-electron chi connectivity index (χ4n) is 2.46. The summed E-state index contributed by atoms with van der Waals surface area (Å²) < 4.78 is 11.1. The van der Waals surface area contributed by atoms with Crippen molar-refractivity contribution in [2.75, 3.05) is 6.61 Å². The molecule has 5 heteroatoms. The number of hydrogen-bond donors (Lipinski definition) is 1. The Balaban J connectivity index is 1.51. The van der Waals surface area contributed by atoms with Crippen LogP contribution in [0.1, 0.15) is 24.0 Å². The van der Waals surface area contributed by atoms with Crippen molar-refractivity contribution in [2.24, 2.45) is 0 Å². The quantitative estimate of drug-likeness (QED) is 0.890. The molecule has 1 aromatic carbocycles. The number of pyridine rings is 1. The van der Waals surface area contributed by atoms with E-state index in [9.17, 15) is 4.79 Å². The molecule has 0 radical (unpaired) electrons. The standard InChI is InChI=1S/C18H20N2O3/c21-18(16-7-4-10-22-16)20-12-15-8-9-19-17(11-15)23-13-14-5-2-1-3-6-14/h1-3,5-6,8-9,11,16H,4,7,10,12-13H2,(H,20,21). The average Bonchev–Trinajstić information content (AvgIpc) is 3.14. The van der Waals surface area contributed by atoms with E-state index in [1.54, 1.807) is 6.20 Å². The van der Waals surface area contributed by atoms with Crippen LogP contribution in [0.5, 0.6) is 5.88 Å². The molecule has 2 heterocycles. The first-order valence-corrected chi connectivity index (χ1v) is 7.82. The fourth-order valence-corrected chi connectivity index (χ4v) is 2.46. The molecule has 0 aliphatic carbocycles. The van der Waals surface area contributed by atoms with E-state index in [4.69, 9.17) is 9.47 Å². The number of benzene rings is 1. The predicted molar refractivity (Wildman–Crippen MR) is 85.8 cm³/mol. The Bertz CT molecular complexity index is 640. The van der Waals surface area contributed by atoms with Gasteiger partial charge < -0.3 is 14.8 Å². The molecular weight excluding hydrogens is 292 g/mol. The second kappa shape index (κ2) is 7.74. The molecule has 1 atom stereocenters. The minimum Gasteiger partial charge on any atom is -0.473 e. The third-order valence-corrected chi connectivity index (χ3v) is 3.72. The molecule has 0 saturated carbocycles. The molecule has 1 saturated heterocycles. The number of carbonyl (C=O) groups is 1. The summed E-state index contributed by atoms with van der Waals surface area (Å²) in [6.45, 7) is 1.59. The number of amides is 1. The highest BCUT2D eigenvalue weighted by atomic mass is 16.5. The minimum absolute atomic E-state index is 0.0499. The summed E-state index contributed by atoms with van der Waals surface area (Å²) in [5.74, 6) is 0.504. The van der Waals surface area contributed by atoms with E-state index >= 15 is 0 Å². The van der Waals surface area contributed by atoms with Crippen molar-refractivity contribution in [3.05, 3.63) is 59.8 Å². The van der Waals surface area contributed by atoms with E-state index in [2.05, 4.69) is 10.3 Å². The topological polar surface area (TPSA) is 60.5 Å². The molecule has 120 valence electrons. The van der Waals surface area contributed by atoms with Crippen LogP contribution in [0, 0.1) is 0 Å². The Kier molecular flexibility index (Phi) is 5.21. The van der Waals surface area contributed by atoms with Gasteiger partial charge in [-0.3, -0.25) is 4.79 Å². The molecule has 1 unspecified atom stereocenters. The Morgan fingerprint density at radius 3 is 2.91 bits per heavy atom. The van der Waals surface area contributed by atoms with Gasteiger partial charge in [0, 0.05) is 25.4 Å². The van der Waals surface area contributed by atoms with Crippen LogP contribution >= 0.6 is 0 Å². The summed E-state index contributed by atoms with van der Waals surface area (Å²) in [4.78, 5) is 16.1. The van der Waals surface area contributed by atoms with Crippen LogP contribution in [0.2, 0.25) is 0 Å².